The number of carbonyl (C=O) groups is 2. The molecule has 0 radical (unpaired) electrons. The first-order chi connectivity index (χ1) is 12.1. The number of carbonyl (C=O) groups excluding carboxylic acids is 2. The first-order valence-corrected chi connectivity index (χ1v) is 10.3. The van der Waals surface area contributed by atoms with Gasteiger partial charge in [0.25, 0.3) is 0 Å². The van der Waals surface area contributed by atoms with E-state index in [2.05, 4.69) is 15.7 Å². The van der Waals surface area contributed by atoms with E-state index >= 15 is 0 Å². The summed E-state index contributed by atoms with van der Waals surface area (Å²) in [4.78, 5) is 30.4. The third kappa shape index (κ3) is 4.83. The maximum absolute atomic E-state index is 12.2. The summed E-state index contributed by atoms with van der Waals surface area (Å²) < 4.78 is 0. The number of anilines is 2. The lowest BCUT2D eigenvalue weighted by molar-refractivity contribution is -0.117. The number of nitrogens with zero attached hydrogens (tertiary/aromatic N) is 2. The summed E-state index contributed by atoms with van der Waals surface area (Å²) >= 11 is 3.36. The lowest BCUT2D eigenvalue weighted by atomic mass is 10.2. The third-order valence-electron chi connectivity index (χ3n) is 3.93. The van der Waals surface area contributed by atoms with E-state index in [1.807, 2.05) is 31.2 Å². The van der Waals surface area contributed by atoms with Crippen molar-refractivity contribution in [1.82, 2.24) is 4.98 Å². The van der Waals surface area contributed by atoms with Crippen LogP contribution in [0.25, 0.3) is 0 Å². The molecule has 0 saturated carbocycles. The van der Waals surface area contributed by atoms with E-state index < -0.39 is 0 Å². The van der Waals surface area contributed by atoms with Crippen molar-refractivity contribution >= 4 is 46.3 Å². The van der Waals surface area contributed by atoms with Crippen molar-refractivity contribution in [2.24, 2.45) is 0 Å². The van der Waals surface area contributed by atoms with Crippen molar-refractivity contribution in [1.29, 1.82) is 0 Å². The summed E-state index contributed by atoms with van der Waals surface area (Å²) in [7, 11) is 0. The van der Waals surface area contributed by atoms with Gasteiger partial charge in [0.05, 0.1) is 22.1 Å². The van der Waals surface area contributed by atoms with Crippen LogP contribution in [0.1, 0.15) is 30.0 Å². The summed E-state index contributed by atoms with van der Waals surface area (Å²) in [6.07, 6.45) is 1.89. The van der Waals surface area contributed by atoms with Crippen molar-refractivity contribution in [2.75, 3.05) is 22.5 Å². The Morgan fingerprint density at radius 2 is 2.24 bits per heavy atom. The van der Waals surface area contributed by atoms with Crippen LogP contribution in [0.15, 0.2) is 29.6 Å². The largest absolute Gasteiger partial charge is 0.324 e. The van der Waals surface area contributed by atoms with Crippen LogP contribution < -0.4 is 10.2 Å². The number of aryl methyl sites for hydroxylation is 1. The highest BCUT2D eigenvalue weighted by atomic mass is 32.2. The maximum Gasteiger partial charge on any atom is 0.227 e. The van der Waals surface area contributed by atoms with Gasteiger partial charge in [-0.3, -0.25) is 9.59 Å². The highest BCUT2D eigenvalue weighted by Gasteiger charge is 2.24. The van der Waals surface area contributed by atoms with Crippen molar-refractivity contribution in [2.45, 2.75) is 31.9 Å². The van der Waals surface area contributed by atoms with Crippen LogP contribution in [0.4, 0.5) is 11.4 Å². The smallest absolute Gasteiger partial charge is 0.227 e. The van der Waals surface area contributed by atoms with E-state index in [4.69, 9.17) is 0 Å². The molecule has 1 aromatic heterocycles. The number of nitrogens with one attached hydrogen (secondary N) is 1. The number of benzene rings is 1. The Morgan fingerprint density at radius 1 is 1.40 bits per heavy atom. The summed E-state index contributed by atoms with van der Waals surface area (Å²) in [5.41, 5.74) is 2.58. The second-order valence-corrected chi connectivity index (χ2v) is 8.04. The minimum Gasteiger partial charge on any atom is -0.324 e. The normalized spacial score (nSPS) is 14.1. The quantitative estimate of drug-likeness (QED) is 0.747. The van der Waals surface area contributed by atoms with Gasteiger partial charge >= 0.3 is 0 Å². The predicted molar refractivity (Wildman–Crippen MR) is 104 cm³/mol. The average Bonchev–Trinajstić information content (AvgIpc) is 3.20. The zero-order chi connectivity index (χ0) is 17.6. The lowest BCUT2D eigenvalue weighted by Gasteiger charge is -2.19. The molecule has 1 saturated heterocycles. The van der Waals surface area contributed by atoms with Gasteiger partial charge in [-0.25, -0.2) is 4.98 Å². The number of aromatic nitrogens is 1. The molecule has 25 heavy (non-hydrogen) atoms. The van der Waals surface area contributed by atoms with Crippen molar-refractivity contribution in [3.05, 3.63) is 40.3 Å². The summed E-state index contributed by atoms with van der Waals surface area (Å²) in [6.45, 7) is 2.71. The fourth-order valence-electron chi connectivity index (χ4n) is 2.75. The second-order valence-electron chi connectivity index (χ2n) is 5.87. The average molecular weight is 376 g/mol. The summed E-state index contributed by atoms with van der Waals surface area (Å²) in [6, 6.07) is 7.50. The Balaban J connectivity index is 1.50. The Kier molecular flexibility index (Phi) is 6.09. The maximum atomic E-state index is 12.2. The third-order valence-corrected chi connectivity index (χ3v) is 5.75. The molecule has 1 aliphatic heterocycles. The number of hydrogen-bond donors (Lipinski definition) is 1. The van der Waals surface area contributed by atoms with Gasteiger partial charge in [0.15, 0.2) is 0 Å². The number of thiazole rings is 1. The lowest BCUT2D eigenvalue weighted by Crippen LogP contribution is -2.25. The number of hydrogen-bond acceptors (Lipinski definition) is 5. The molecule has 1 fully saturated rings. The molecule has 0 unspecified atom stereocenters. The predicted octanol–water partition coefficient (Wildman–Crippen LogP) is 3.84. The molecular formula is C18H21N3O2S2. The van der Waals surface area contributed by atoms with E-state index in [0.717, 1.165) is 34.3 Å². The molecule has 1 aromatic carbocycles. The van der Waals surface area contributed by atoms with Crippen LogP contribution in [-0.2, 0) is 15.3 Å². The van der Waals surface area contributed by atoms with Gasteiger partial charge in [-0.2, -0.15) is 11.8 Å². The van der Waals surface area contributed by atoms with E-state index in [1.165, 1.54) is 0 Å². The molecule has 1 N–H and O–H groups in total. The number of rotatable bonds is 7. The topological polar surface area (TPSA) is 62.3 Å². The first kappa shape index (κ1) is 17.9. The molecule has 5 nitrogen and oxygen atoms in total. The molecule has 7 heteroatoms. The molecule has 0 atom stereocenters. The standard InChI is InChI=1S/C18H21N3O2S2/c1-13-19-14(12-25-13)11-24-10-8-17(22)20-15-5-2-3-6-16(15)21-9-4-7-18(21)23/h2-3,5-6,12H,4,7-11H2,1H3,(H,20,22). The zero-order valence-corrected chi connectivity index (χ0v) is 15.8. The Bertz CT molecular complexity index is 760. The van der Waals surface area contributed by atoms with Gasteiger partial charge in [0.1, 0.15) is 0 Å². The van der Waals surface area contributed by atoms with Gasteiger partial charge in [-0.15, -0.1) is 11.3 Å². The fraction of sp³-hybridized carbons (Fsp3) is 0.389. The minimum absolute atomic E-state index is 0.0268. The molecule has 0 bridgehead atoms. The van der Waals surface area contributed by atoms with Gasteiger partial charge in [0.2, 0.25) is 11.8 Å². The molecule has 132 valence electrons. The molecule has 0 aliphatic carbocycles. The fourth-order valence-corrected chi connectivity index (χ4v) is 4.30. The number of amides is 2. The van der Waals surface area contributed by atoms with E-state index in [-0.39, 0.29) is 11.8 Å². The Labute approximate surface area is 155 Å². The highest BCUT2D eigenvalue weighted by Crippen LogP contribution is 2.29. The van der Waals surface area contributed by atoms with Crippen LogP contribution in [-0.4, -0.2) is 29.1 Å². The Hall–Kier alpha value is -1.86. The van der Waals surface area contributed by atoms with Crippen LogP contribution in [0.5, 0.6) is 0 Å². The molecule has 1 aliphatic rings. The molecule has 2 aromatic rings. The molecule has 2 heterocycles. The molecule has 0 spiro atoms. The van der Waals surface area contributed by atoms with Gasteiger partial charge in [-0.1, -0.05) is 12.1 Å². The summed E-state index contributed by atoms with van der Waals surface area (Å²) in [5.74, 6) is 1.67. The van der Waals surface area contributed by atoms with Crippen molar-refractivity contribution in [3.8, 4) is 0 Å². The van der Waals surface area contributed by atoms with E-state index in [9.17, 15) is 9.59 Å². The molecule has 2 amide bonds. The van der Waals surface area contributed by atoms with Gasteiger partial charge in [0, 0.05) is 36.3 Å². The SMILES string of the molecule is Cc1nc(CSCCC(=O)Nc2ccccc2N2CCCC2=O)cs1. The molecule has 3 rings (SSSR count). The minimum atomic E-state index is -0.0268. The van der Waals surface area contributed by atoms with E-state index in [0.29, 0.717) is 25.1 Å². The second kappa shape index (κ2) is 8.49. The monoisotopic (exact) mass is 375 g/mol. The summed E-state index contributed by atoms with van der Waals surface area (Å²) in [5, 5.41) is 6.08. The number of thioether (sulfide) groups is 1. The van der Waals surface area contributed by atoms with Crippen molar-refractivity contribution in [3.63, 3.8) is 0 Å². The number of para-hydroxylation sites is 2. The molecular weight excluding hydrogens is 354 g/mol. The Morgan fingerprint density at radius 3 is 2.96 bits per heavy atom. The van der Waals surface area contributed by atoms with E-state index in [1.54, 1.807) is 28.0 Å². The van der Waals surface area contributed by atoms with Crippen molar-refractivity contribution < 1.29 is 9.59 Å². The van der Waals surface area contributed by atoms with Crippen LogP contribution in [0, 0.1) is 6.92 Å². The van der Waals surface area contributed by atoms with Gasteiger partial charge < -0.3 is 10.2 Å². The highest BCUT2D eigenvalue weighted by molar-refractivity contribution is 7.98. The zero-order valence-electron chi connectivity index (χ0n) is 14.2. The van der Waals surface area contributed by atoms with Crippen LogP contribution in [0.2, 0.25) is 0 Å². The van der Waals surface area contributed by atoms with Gasteiger partial charge in [-0.05, 0) is 25.5 Å². The van der Waals surface area contributed by atoms with Crippen LogP contribution in [0.3, 0.4) is 0 Å². The first-order valence-electron chi connectivity index (χ1n) is 8.31. The van der Waals surface area contributed by atoms with Crippen LogP contribution >= 0.6 is 23.1 Å².